The second kappa shape index (κ2) is 4.21. The predicted octanol–water partition coefficient (Wildman–Crippen LogP) is 1.86. The average molecular weight is 158 g/mol. The highest BCUT2D eigenvalue weighted by atomic mass is 16.6. The third kappa shape index (κ3) is 5.70. The number of carbonyl (C=O) groups excluding carboxylic acids is 1. The molecule has 0 aromatic heterocycles. The Morgan fingerprint density at radius 2 is 2.27 bits per heavy atom. The Hall–Kier alpha value is -0.730. The maximum absolute atomic E-state index is 10.3. The lowest BCUT2D eigenvalue weighted by Crippen LogP contribution is -2.31. The molecule has 1 amide bonds. The summed E-state index contributed by atoms with van der Waals surface area (Å²) in [6.45, 7) is 7.55. The van der Waals surface area contributed by atoms with Crippen molar-refractivity contribution in [1.82, 2.24) is 0 Å². The molecule has 0 bridgehead atoms. The van der Waals surface area contributed by atoms with Gasteiger partial charge in [0.15, 0.2) is 0 Å². The second-order valence-corrected chi connectivity index (χ2v) is 2.97. The predicted molar refractivity (Wildman–Crippen MR) is 44.0 cm³/mol. The first-order chi connectivity index (χ1) is 4.98. The molecule has 1 radical (unpaired) electrons. The van der Waals surface area contributed by atoms with E-state index >= 15 is 0 Å². The van der Waals surface area contributed by atoms with Crippen molar-refractivity contribution in [2.75, 3.05) is 0 Å². The van der Waals surface area contributed by atoms with Gasteiger partial charge in [0.2, 0.25) is 0 Å². The van der Waals surface area contributed by atoms with Crippen LogP contribution in [0.25, 0.3) is 0 Å². The van der Waals surface area contributed by atoms with E-state index in [9.17, 15) is 4.79 Å². The molecule has 3 nitrogen and oxygen atoms in total. The molecule has 65 valence electrons. The summed E-state index contributed by atoms with van der Waals surface area (Å²) in [6.07, 6.45) is 2.06. The fourth-order valence-electron chi connectivity index (χ4n) is 0.845. The highest BCUT2D eigenvalue weighted by molar-refractivity contribution is 5.65. The number of hydrogen-bond donors (Lipinski definition) is 1. The third-order valence-corrected chi connectivity index (χ3v) is 1.41. The molecule has 0 spiro atoms. The summed E-state index contributed by atoms with van der Waals surface area (Å²) < 4.78 is 4.77. The van der Waals surface area contributed by atoms with Crippen LogP contribution < -0.4 is 5.73 Å². The SMILES string of the molecule is [CH2]C(C)(CCCC)OC(N)=O. The minimum Gasteiger partial charge on any atom is -0.443 e. The van der Waals surface area contributed by atoms with Crippen LogP contribution in [0, 0.1) is 6.92 Å². The first-order valence-corrected chi connectivity index (χ1v) is 3.82. The summed E-state index contributed by atoms with van der Waals surface area (Å²) in [5.74, 6) is 0. The molecule has 2 N–H and O–H groups in total. The summed E-state index contributed by atoms with van der Waals surface area (Å²) >= 11 is 0. The highest BCUT2D eigenvalue weighted by Gasteiger charge is 2.20. The molecule has 0 saturated carbocycles. The van der Waals surface area contributed by atoms with Gasteiger partial charge in [-0.2, -0.15) is 0 Å². The maximum Gasteiger partial charge on any atom is 0.405 e. The Kier molecular flexibility index (Phi) is 3.93. The van der Waals surface area contributed by atoms with Gasteiger partial charge in [0.1, 0.15) is 5.60 Å². The summed E-state index contributed by atoms with van der Waals surface area (Å²) in [5.41, 5.74) is 4.20. The molecule has 0 heterocycles. The van der Waals surface area contributed by atoms with Crippen LogP contribution in [0.2, 0.25) is 0 Å². The zero-order valence-electron chi connectivity index (χ0n) is 7.22. The van der Waals surface area contributed by atoms with Gasteiger partial charge >= 0.3 is 6.09 Å². The normalized spacial score (nSPS) is 11.2. The van der Waals surface area contributed by atoms with E-state index in [0.717, 1.165) is 19.3 Å². The van der Waals surface area contributed by atoms with E-state index in [1.54, 1.807) is 6.92 Å². The van der Waals surface area contributed by atoms with Crippen molar-refractivity contribution in [3.63, 3.8) is 0 Å². The largest absolute Gasteiger partial charge is 0.443 e. The van der Waals surface area contributed by atoms with Gasteiger partial charge in [-0.25, -0.2) is 4.79 Å². The third-order valence-electron chi connectivity index (χ3n) is 1.41. The van der Waals surface area contributed by atoms with Gasteiger partial charge < -0.3 is 10.5 Å². The smallest absolute Gasteiger partial charge is 0.405 e. The lowest BCUT2D eigenvalue weighted by atomic mass is 10.0. The first kappa shape index (κ1) is 10.3. The molecule has 3 heteroatoms. The van der Waals surface area contributed by atoms with Gasteiger partial charge in [0.25, 0.3) is 0 Å². The zero-order chi connectivity index (χ0) is 8.91. The van der Waals surface area contributed by atoms with E-state index in [0.29, 0.717) is 0 Å². The van der Waals surface area contributed by atoms with E-state index < -0.39 is 11.7 Å². The van der Waals surface area contributed by atoms with Crippen LogP contribution in [0.15, 0.2) is 0 Å². The highest BCUT2D eigenvalue weighted by Crippen LogP contribution is 2.16. The lowest BCUT2D eigenvalue weighted by molar-refractivity contribution is 0.0572. The van der Waals surface area contributed by atoms with Crippen molar-refractivity contribution in [2.45, 2.75) is 38.7 Å². The monoisotopic (exact) mass is 158 g/mol. The van der Waals surface area contributed by atoms with Crippen LogP contribution in [0.3, 0.4) is 0 Å². The zero-order valence-corrected chi connectivity index (χ0v) is 7.22. The number of rotatable bonds is 4. The molecule has 0 fully saturated rings. The molecule has 0 aliphatic carbocycles. The van der Waals surface area contributed by atoms with E-state index in [-0.39, 0.29) is 0 Å². The van der Waals surface area contributed by atoms with Crippen molar-refractivity contribution >= 4 is 6.09 Å². The van der Waals surface area contributed by atoms with Crippen molar-refractivity contribution in [3.05, 3.63) is 6.92 Å². The fraction of sp³-hybridized carbons (Fsp3) is 0.750. The number of amides is 1. The average Bonchev–Trinajstić information content (AvgIpc) is 1.81. The number of nitrogens with two attached hydrogens (primary N) is 1. The molecule has 0 aliphatic heterocycles. The number of carbonyl (C=O) groups is 1. The van der Waals surface area contributed by atoms with Crippen molar-refractivity contribution in [3.8, 4) is 0 Å². The van der Waals surface area contributed by atoms with Crippen LogP contribution in [-0.2, 0) is 4.74 Å². The standard InChI is InChI=1S/C8H16NO2/c1-4-5-6-8(2,3)11-7(9)10/h2,4-6H2,1,3H3,(H2,9,10). The topological polar surface area (TPSA) is 52.3 Å². The van der Waals surface area contributed by atoms with Gasteiger partial charge in [-0.05, 0) is 26.7 Å². The van der Waals surface area contributed by atoms with Crippen LogP contribution in [-0.4, -0.2) is 11.7 Å². The molecule has 0 aromatic carbocycles. The Bertz CT molecular complexity index is 132. The quantitative estimate of drug-likeness (QED) is 0.679. The molecular formula is C8H16NO2. The molecule has 0 saturated heterocycles. The van der Waals surface area contributed by atoms with E-state index in [1.165, 1.54) is 0 Å². The summed E-state index contributed by atoms with van der Waals surface area (Å²) in [6, 6.07) is 0. The minimum absolute atomic E-state index is 0.651. The van der Waals surface area contributed by atoms with Crippen LogP contribution in [0.4, 0.5) is 4.79 Å². The Morgan fingerprint density at radius 3 is 2.64 bits per heavy atom. The molecule has 11 heavy (non-hydrogen) atoms. The molecule has 1 unspecified atom stereocenters. The van der Waals surface area contributed by atoms with Gasteiger partial charge in [-0.3, -0.25) is 0 Å². The Morgan fingerprint density at radius 1 is 1.73 bits per heavy atom. The van der Waals surface area contributed by atoms with Gasteiger partial charge in [-0.15, -0.1) is 0 Å². The Balaban J connectivity index is 3.70. The maximum atomic E-state index is 10.3. The van der Waals surface area contributed by atoms with E-state index in [1.807, 2.05) is 0 Å². The van der Waals surface area contributed by atoms with Crippen molar-refractivity contribution < 1.29 is 9.53 Å². The molecule has 0 aromatic rings. The van der Waals surface area contributed by atoms with Crippen LogP contribution >= 0.6 is 0 Å². The van der Waals surface area contributed by atoms with E-state index in [4.69, 9.17) is 10.5 Å². The fourth-order valence-corrected chi connectivity index (χ4v) is 0.845. The van der Waals surface area contributed by atoms with Gasteiger partial charge in [0.05, 0.1) is 0 Å². The van der Waals surface area contributed by atoms with Crippen LogP contribution in [0.1, 0.15) is 33.1 Å². The van der Waals surface area contributed by atoms with Gasteiger partial charge in [-0.1, -0.05) is 13.3 Å². The summed E-state index contributed by atoms with van der Waals surface area (Å²) in [4.78, 5) is 10.3. The van der Waals surface area contributed by atoms with Crippen LogP contribution in [0.5, 0.6) is 0 Å². The second-order valence-electron chi connectivity index (χ2n) is 2.97. The minimum atomic E-state index is -0.751. The molecular weight excluding hydrogens is 142 g/mol. The number of ether oxygens (including phenoxy) is 1. The molecule has 1 atom stereocenters. The molecule has 0 aliphatic rings. The van der Waals surface area contributed by atoms with Crippen molar-refractivity contribution in [2.24, 2.45) is 5.73 Å². The first-order valence-electron chi connectivity index (χ1n) is 3.82. The molecule has 0 rings (SSSR count). The number of hydrogen-bond acceptors (Lipinski definition) is 2. The summed E-state index contributed by atoms with van der Waals surface area (Å²) in [7, 11) is 0. The number of unbranched alkanes of at least 4 members (excludes halogenated alkanes) is 1. The summed E-state index contributed by atoms with van der Waals surface area (Å²) in [5, 5.41) is 0. The van der Waals surface area contributed by atoms with Gasteiger partial charge in [0, 0.05) is 0 Å². The Labute approximate surface area is 67.9 Å². The number of primary amides is 1. The van der Waals surface area contributed by atoms with Crippen molar-refractivity contribution in [1.29, 1.82) is 0 Å². The lowest BCUT2D eigenvalue weighted by Gasteiger charge is -2.23. The van der Waals surface area contributed by atoms with E-state index in [2.05, 4.69) is 13.8 Å².